The second kappa shape index (κ2) is 10.9. The fourth-order valence-corrected chi connectivity index (χ4v) is 3.80. The smallest absolute Gasteiger partial charge is 0.259 e. The molecule has 0 bridgehead atoms. The number of rotatable bonds is 8. The van der Waals surface area contributed by atoms with Crippen LogP contribution in [0.5, 0.6) is 11.5 Å². The Labute approximate surface area is 200 Å². The second-order valence-electron chi connectivity index (χ2n) is 8.56. The summed E-state index contributed by atoms with van der Waals surface area (Å²) in [5.74, 6) is -0.821. The van der Waals surface area contributed by atoms with Gasteiger partial charge in [-0.1, -0.05) is 64.1 Å². The minimum absolute atomic E-state index is 0.0392. The molecule has 0 aromatic heterocycles. The van der Waals surface area contributed by atoms with Crippen molar-refractivity contribution >= 4 is 23.2 Å². The number of amides is 2. The van der Waals surface area contributed by atoms with Gasteiger partial charge in [-0.25, -0.2) is 0 Å². The zero-order valence-electron chi connectivity index (χ0n) is 20.1. The lowest BCUT2D eigenvalue weighted by molar-refractivity contribution is 0.101. The molecule has 0 saturated carbocycles. The Hall–Kier alpha value is -3.80. The van der Waals surface area contributed by atoms with E-state index in [1.54, 1.807) is 48.5 Å². The molecule has 178 valence electrons. The van der Waals surface area contributed by atoms with Crippen LogP contribution in [-0.2, 0) is 0 Å². The standard InChI is InChI=1S/C28H32N2O4/c1-5-17(3)19-11-9-13-21(25(19)31)27(33)29-23-15-7-8-16-24(23)30-28(34)22-14-10-12-20(26(22)32)18(4)6-2/h7-18,31-32H,5-6H2,1-4H3,(H,29,33)(H,30,34). The summed E-state index contributed by atoms with van der Waals surface area (Å²) in [5, 5.41) is 26.9. The van der Waals surface area contributed by atoms with Crippen LogP contribution < -0.4 is 10.6 Å². The molecule has 0 saturated heterocycles. The number of benzene rings is 3. The number of nitrogens with one attached hydrogen (secondary N) is 2. The maximum atomic E-state index is 13.0. The molecule has 6 heteroatoms. The second-order valence-corrected chi connectivity index (χ2v) is 8.56. The van der Waals surface area contributed by atoms with Crippen molar-refractivity contribution in [3.63, 3.8) is 0 Å². The minimum Gasteiger partial charge on any atom is -0.507 e. The number of carbonyl (C=O) groups excluding carboxylic acids is 2. The molecule has 3 aromatic rings. The van der Waals surface area contributed by atoms with E-state index in [-0.39, 0.29) is 34.5 Å². The first-order valence-corrected chi connectivity index (χ1v) is 11.6. The quantitative estimate of drug-likeness (QED) is 0.303. The van der Waals surface area contributed by atoms with Gasteiger partial charge in [0, 0.05) is 0 Å². The van der Waals surface area contributed by atoms with Crippen LogP contribution in [0, 0.1) is 0 Å². The van der Waals surface area contributed by atoms with Gasteiger partial charge < -0.3 is 20.8 Å². The van der Waals surface area contributed by atoms with Crippen molar-refractivity contribution in [2.75, 3.05) is 10.6 Å². The van der Waals surface area contributed by atoms with E-state index in [0.717, 1.165) is 12.8 Å². The van der Waals surface area contributed by atoms with Crippen molar-refractivity contribution in [3.05, 3.63) is 82.9 Å². The Bertz CT molecular complexity index is 1100. The van der Waals surface area contributed by atoms with Crippen molar-refractivity contribution in [2.45, 2.75) is 52.4 Å². The monoisotopic (exact) mass is 460 g/mol. The Balaban J connectivity index is 1.85. The number of para-hydroxylation sites is 4. The first kappa shape index (κ1) is 24.8. The van der Waals surface area contributed by atoms with E-state index >= 15 is 0 Å². The predicted molar refractivity (Wildman–Crippen MR) is 136 cm³/mol. The van der Waals surface area contributed by atoms with E-state index in [9.17, 15) is 19.8 Å². The summed E-state index contributed by atoms with van der Waals surface area (Å²) < 4.78 is 0. The highest BCUT2D eigenvalue weighted by atomic mass is 16.3. The number of carbonyl (C=O) groups is 2. The topological polar surface area (TPSA) is 98.7 Å². The first-order chi connectivity index (χ1) is 16.3. The SMILES string of the molecule is CCC(C)c1cccc(C(=O)Nc2ccccc2NC(=O)c2cccc(C(C)CC)c2O)c1O. The molecule has 0 aliphatic heterocycles. The van der Waals surface area contributed by atoms with Gasteiger partial charge in [-0.2, -0.15) is 0 Å². The fraction of sp³-hybridized carbons (Fsp3) is 0.286. The highest BCUT2D eigenvalue weighted by molar-refractivity contribution is 6.11. The Morgan fingerprint density at radius 2 is 1.06 bits per heavy atom. The molecule has 4 N–H and O–H groups in total. The van der Waals surface area contributed by atoms with Crippen LogP contribution in [-0.4, -0.2) is 22.0 Å². The number of hydrogen-bond donors (Lipinski definition) is 4. The highest BCUT2D eigenvalue weighted by Gasteiger charge is 2.20. The largest absolute Gasteiger partial charge is 0.507 e. The summed E-state index contributed by atoms with van der Waals surface area (Å²) in [6.45, 7) is 8.03. The van der Waals surface area contributed by atoms with Gasteiger partial charge in [-0.15, -0.1) is 0 Å². The van der Waals surface area contributed by atoms with Gasteiger partial charge in [-0.3, -0.25) is 9.59 Å². The van der Waals surface area contributed by atoms with E-state index < -0.39 is 11.8 Å². The molecular weight excluding hydrogens is 428 g/mol. The lowest BCUT2D eigenvalue weighted by atomic mass is 9.95. The van der Waals surface area contributed by atoms with Crippen molar-refractivity contribution in [1.82, 2.24) is 0 Å². The van der Waals surface area contributed by atoms with Crippen LogP contribution in [0.4, 0.5) is 11.4 Å². The summed E-state index contributed by atoms with van der Waals surface area (Å²) in [4.78, 5) is 26.0. The van der Waals surface area contributed by atoms with Gasteiger partial charge >= 0.3 is 0 Å². The molecule has 0 fully saturated rings. The van der Waals surface area contributed by atoms with Crippen molar-refractivity contribution in [2.24, 2.45) is 0 Å². The van der Waals surface area contributed by atoms with Gasteiger partial charge in [0.2, 0.25) is 0 Å². The van der Waals surface area contributed by atoms with Crippen molar-refractivity contribution in [3.8, 4) is 11.5 Å². The highest BCUT2D eigenvalue weighted by Crippen LogP contribution is 2.33. The normalized spacial score (nSPS) is 12.6. The molecule has 0 aliphatic carbocycles. The number of aromatic hydroxyl groups is 2. The lowest BCUT2D eigenvalue weighted by Crippen LogP contribution is -2.17. The molecule has 2 unspecified atom stereocenters. The third-order valence-corrected chi connectivity index (χ3v) is 6.33. The van der Waals surface area contributed by atoms with Crippen LogP contribution in [0.1, 0.15) is 84.2 Å². The van der Waals surface area contributed by atoms with Crippen molar-refractivity contribution in [1.29, 1.82) is 0 Å². The number of anilines is 2. The van der Waals surface area contributed by atoms with Gasteiger partial charge in [0.25, 0.3) is 11.8 Å². The Morgan fingerprint density at radius 1 is 0.676 bits per heavy atom. The molecule has 0 spiro atoms. The molecule has 0 heterocycles. The van der Waals surface area contributed by atoms with Gasteiger partial charge in [0.05, 0.1) is 22.5 Å². The lowest BCUT2D eigenvalue weighted by Gasteiger charge is -2.17. The summed E-state index contributed by atoms with van der Waals surface area (Å²) in [7, 11) is 0. The van der Waals surface area contributed by atoms with E-state index in [1.165, 1.54) is 0 Å². The van der Waals surface area contributed by atoms with Gasteiger partial charge in [-0.05, 0) is 60.1 Å². The fourth-order valence-electron chi connectivity index (χ4n) is 3.80. The van der Waals surface area contributed by atoms with Crippen molar-refractivity contribution < 1.29 is 19.8 Å². The Kier molecular flexibility index (Phi) is 7.95. The summed E-state index contributed by atoms with van der Waals surface area (Å²) in [6.07, 6.45) is 1.66. The zero-order valence-corrected chi connectivity index (χ0v) is 20.1. The van der Waals surface area contributed by atoms with E-state index in [0.29, 0.717) is 22.5 Å². The molecule has 6 nitrogen and oxygen atoms in total. The predicted octanol–water partition coefficient (Wildman–Crippen LogP) is 6.63. The maximum absolute atomic E-state index is 13.0. The van der Waals surface area contributed by atoms with Crippen LogP contribution in [0.3, 0.4) is 0 Å². The zero-order chi connectivity index (χ0) is 24.8. The summed E-state index contributed by atoms with van der Waals surface area (Å²) in [6, 6.07) is 17.1. The number of hydrogen-bond acceptors (Lipinski definition) is 4. The number of phenolic OH excluding ortho intramolecular Hbond substituents is 2. The molecule has 2 amide bonds. The average Bonchev–Trinajstić information content (AvgIpc) is 2.84. The molecule has 0 radical (unpaired) electrons. The molecule has 0 aliphatic rings. The van der Waals surface area contributed by atoms with Gasteiger partial charge in [0.1, 0.15) is 11.5 Å². The van der Waals surface area contributed by atoms with Gasteiger partial charge in [0.15, 0.2) is 0 Å². The maximum Gasteiger partial charge on any atom is 0.259 e. The molecule has 3 rings (SSSR count). The van der Waals surface area contributed by atoms with E-state index in [2.05, 4.69) is 10.6 Å². The third kappa shape index (κ3) is 5.22. The van der Waals surface area contributed by atoms with Crippen LogP contribution in [0.25, 0.3) is 0 Å². The summed E-state index contributed by atoms with van der Waals surface area (Å²) >= 11 is 0. The molecule has 34 heavy (non-hydrogen) atoms. The van der Waals surface area contributed by atoms with E-state index in [1.807, 2.05) is 39.8 Å². The molecule has 2 atom stereocenters. The van der Waals surface area contributed by atoms with Crippen LogP contribution in [0.15, 0.2) is 60.7 Å². The van der Waals surface area contributed by atoms with Crippen LogP contribution >= 0.6 is 0 Å². The van der Waals surface area contributed by atoms with E-state index in [4.69, 9.17) is 0 Å². The van der Waals surface area contributed by atoms with Crippen LogP contribution in [0.2, 0.25) is 0 Å². The molecular formula is C28H32N2O4. The Morgan fingerprint density at radius 3 is 1.41 bits per heavy atom. The molecule has 3 aromatic carbocycles. The number of phenols is 2. The minimum atomic E-state index is -0.481. The average molecular weight is 461 g/mol. The third-order valence-electron chi connectivity index (χ3n) is 6.33. The summed E-state index contributed by atoms with van der Waals surface area (Å²) in [5.41, 5.74) is 2.52. The first-order valence-electron chi connectivity index (χ1n) is 11.6.